The molecule has 0 N–H and O–H groups in total. The van der Waals surface area contributed by atoms with E-state index in [1.54, 1.807) is 0 Å². The second kappa shape index (κ2) is 5.04. The summed E-state index contributed by atoms with van der Waals surface area (Å²) in [7, 11) is -0.401. The third-order valence-corrected chi connectivity index (χ3v) is 4.66. The summed E-state index contributed by atoms with van der Waals surface area (Å²) in [6.07, 6.45) is 0. The minimum atomic E-state index is -0.419. The molecule has 2 aromatic rings. The molecule has 2 aromatic carbocycles. The molecule has 92 valence electrons. The lowest BCUT2D eigenvalue weighted by molar-refractivity contribution is 0.581. The fourth-order valence-corrected chi connectivity index (χ4v) is 3.00. The molecule has 0 saturated heterocycles. The molecule has 2 rings (SSSR count). The maximum Gasteiger partial charge on any atom is 0.340 e. The molecule has 0 saturated carbocycles. The summed E-state index contributed by atoms with van der Waals surface area (Å²) in [6, 6.07) is 16.3. The quantitative estimate of drug-likeness (QED) is 0.735. The molecule has 0 aliphatic rings. The van der Waals surface area contributed by atoms with Crippen molar-refractivity contribution in [1.82, 2.24) is 0 Å². The number of hydrogen-bond donors (Lipinski definition) is 0. The van der Waals surface area contributed by atoms with E-state index < -0.39 is 13.6 Å². The average molecular weight is 257 g/mol. The Balaban J connectivity index is 2.64. The van der Waals surface area contributed by atoms with Crippen molar-refractivity contribution in [2.75, 3.05) is 0 Å². The topological polar surface area (TPSA) is 17.1 Å². The summed E-state index contributed by atoms with van der Waals surface area (Å²) in [5, 5.41) is -0.419. The van der Waals surface area contributed by atoms with Crippen LogP contribution in [0.15, 0.2) is 48.5 Å². The summed E-state index contributed by atoms with van der Waals surface area (Å²) < 4.78 is 11.8. The lowest BCUT2D eigenvalue weighted by atomic mass is 9.87. The smallest absolute Gasteiger partial charge is 0.0760 e. The first kappa shape index (κ1) is 13.0. The Kier molecular flexibility index (Phi) is 3.63. The van der Waals surface area contributed by atoms with Crippen LogP contribution in [0.2, 0.25) is 0 Å². The predicted octanol–water partition coefficient (Wildman–Crippen LogP) is 4.59. The molecule has 2 heteroatoms. The van der Waals surface area contributed by atoms with Crippen LogP contribution >= 0.6 is 8.46 Å². The highest BCUT2D eigenvalue weighted by atomic mass is 31.1. The van der Waals surface area contributed by atoms with E-state index >= 15 is 0 Å². The van der Waals surface area contributed by atoms with Gasteiger partial charge >= 0.3 is 8.46 Å². The van der Waals surface area contributed by atoms with Crippen molar-refractivity contribution in [3.05, 3.63) is 70.8 Å². The van der Waals surface area contributed by atoms with Gasteiger partial charge in [-0.15, -0.1) is 0 Å². The van der Waals surface area contributed by atoms with E-state index in [0.29, 0.717) is 0 Å². The molecular weight excluding hydrogens is 239 g/mol. The second-order valence-corrected chi connectivity index (χ2v) is 6.04. The van der Waals surface area contributed by atoms with Gasteiger partial charge in [0, 0.05) is 11.1 Å². The van der Waals surface area contributed by atoms with E-state index in [4.69, 9.17) is 0 Å². The van der Waals surface area contributed by atoms with Gasteiger partial charge in [0.1, 0.15) is 0 Å². The summed E-state index contributed by atoms with van der Waals surface area (Å²) in [5.74, 6) is 0. The van der Waals surface area contributed by atoms with Crippen LogP contribution in [0, 0.1) is 13.8 Å². The van der Waals surface area contributed by atoms with Gasteiger partial charge in [-0.2, -0.15) is 0 Å². The van der Waals surface area contributed by atoms with Crippen molar-refractivity contribution < 1.29 is 4.57 Å². The van der Waals surface area contributed by atoms with E-state index in [9.17, 15) is 4.57 Å². The van der Waals surface area contributed by atoms with E-state index in [1.807, 2.05) is 36.4 Å². The van der Waals surface area contributed by atoms with Crippen molar-refractivity contribution in [1.29, 1.82) is 0 Å². The zero-order valence-electron chi connectivity index (χ0n) is 11.0. The fourth-order valence-electron chi connectivity index (χ4n) is 2.33. The molecule has 0 heterocycles. The molecule has 2 atom stereocenters. The number of aryl methyl sites for hydroxylation is 1. The highest BCUT2D eigenvalue weighted by molar-refractivity contribution is 7.25. The normalized spacial score (nSPS) is 14.4. The molecule has 2 unspecified atom stereocenters. The van der Waals surface area contributed by atoms with Crippen molar-refractivity contribution in [3.8, 4) is 0 Å². The van der Waals surface area contributed by atoms with Crippen LogP contribution in [0.5, 0.6) is 0 Å². The Hall–Kier alpha value is -1.46. The van der Waals surface area contributed by atoms with Crippen LogP contribution in [0.3, 0.4) is 0 Å². The summed E-state index contributed by atoms with van der Waals surface area (Å²) in [5.41, 5.74) is 4.73. The fraction of sp³-hybridized carbons (Fsp3) is 0.250. The van der Waals surface area contributed by atoms with Crippen LogP contribution < -0.4 is 0 Å². The number of hydrogen-bond acceptors (Lipinski definition) is 1. The van der Waals surface area contributed by atoms with E-state index in [1.165, 1.54) is 11.1 Å². The van der Waals surface area contributed by atoms with Gasteiger partial charge < -0.3 is 0 Å². The Morgan fingerprint density at radius 3 is 2.22 bits per heavy atom. The van der Waals surface area contributed by atoms with E-state index in [0.717, 1.165) is 11.1 Å². The molecule has 18 heavy (non-hydrogen) atoms. The molecule has 0 aliphatic carbocycles. The molecular formula is C16H18OP+. The largest absolute Gasteiger partial charge is 0.340 e. The summed E-state index contributed by atoms with van der Waals surface area (Å²) in [6.45, 7) is 6.25. The highest BCUT2D eigenvalue weighted by Gasteiger charge is 2.38. The molecule has 1 nitrogen and oxygen atoms in total. The Labute approximate surface area is 110 Å². The minimum absolute atomic E-state index is 0.401. The monoisotopic (exact) mass is 257 g/mol. The molecule has 0 aromatic heterocycles. The van der Waals surface area contributed by atoms with E-state index in [2.05, 4.69) is 32.9 Å². The van der Waals surface area contributed by atoms with Crippen molar-refractivity contribution in [3.63, 3.8) is 0 Å². The lowest BCUT2D eigenvalue weighted by Crippen LogP contribution is -2.17. The number of rotatable bonds is 3. The SMILES string of the molecule is Cc1cccc(C(C)([PH+]=O)c2ccccc2)c1C. The van der Waals surface area contributed by atoms with Crippen LogP contribution in [0.25, 0.3) is 0 Å². The number of benzene rings is 2. The molecule has 0 aliphatic heterocycles. The summed E-state index contributed by atoms with van der Waals surface area (Å²) in [4.78, 5) is 0. The molecule has 0 spiro atoms. The molecule has 0 fully saturated rings. The maximum atomic E-state index is 11.8. The van der Waals surface area contributed by atoms with Gasteiger partial charge in [0.05, 0.1) is 0 Å². The lowest BCUT2D eigenvalue weighted by Gasteiger charge is -2.20. The summed E-state index contributed by atoms with van der Waals surface area (Å²) >= 11 is 0. The van der Waals surface area contributed by atoms with Gasteiger partial charge in [-0.05, 0) is 31.9 Å². The molecule has 0 bridgehead atoms. The van der Waals surface area contributed by atoms with Crippen LogP contribution in [-0.4, -0.2) is 0 Å². The van der Waals surface area contributed by atoms with Crippen molar-refractivity contribution in [2.45, 2.75) is 25.9 Å². The van der Waals surface area contributed by atoms with Crippen molar-refractivity contribution in [2.24, 2.45) is 0 Å². The van der Waals surface area contributed by atoms with Gasteiger partial charge in [0.2, 0.25) is 5.16 Å². The van der Waals surface area contributed by atoms with Gasteiger partial charge in [-0.1, -0.05) is 53.1 Å². The predicted molar refractivity (Wildman–Crippen MR) is 77.8 cm³/mol. The third kappa shape index (κ3) is 2.11. The maximum absolute atomic E-state index is 11.8. The van der Waals surface area contributed by atoms with Crippen LogP contribution in [0.4, 0.5) is 0 Å². The average Bonchev–Trinajstić information content (AvgIpc) is 2.42. The Morgan fingerprint density at radius 1 is 0.944 bits per heavy atom. The zero-order chi connectivity index (χ0) is 13.2. The van der Waals surface area contributed by atoms with Crippen LogP contribution in [-0.2, 0) is 9.72 Å². The van der Waals surface area contributed by atoms with Gasteiger partial charge in [-0.25, -0.2) is 0 Å². The first-order valence-corrected chi connectivity index (χ1v) is 7.02. The highest BCUT2D eigenvalue weighted by Crippen LogP contribution is 2.43. The second-order valence-electron chi connectivity index (χ2n) is 4.84. The van der Waals surface area contributed by atoms with Crippen LogP contribution in [0.1, 0.15) is 29.2 Å². The van der Waals surface area contributed by atoms with Gasteiger partial charge in [-0.3, -0.25) is 0 Å². The van der Waals surface area contributed by atoms with Gasteiger partial charge in [0.15, 0.2) is 0 Å². The standard InChI is InChI=1S/C16H17OP/c1-12-8-7-11-15(13(12)2)16(3,18-17)14-9-5-4-6-10-14/h4-11H,1-3H3/p+1. The van der Waals surface area contributed by atoms with Gasteiger partial charge in [0.25, 0.3) is 0 Å². The minimum Gasteiger partial charge on any atom is -0.0760 e. The molecule has 0 radical (unpaired) electrons. The van der Waals surface area contributed by atoms with Crippen molar-refractivity contribution >= 4 is 8.46 Å². The molecule has 0 amide bonds. The van der Waals surface area contributed by atoms with E-state index in [-0.39, 0.29) is 0 Å². The third-order valence-electron chi connectivity index (χ3n) is 3.70. The zero-order valence-corrected chi connectivity index (χ0v) is 12.0. The Bertz CT molecular complexity index is 563. The first-order chi connectivity index (χ1) is 8.59. The Morgan fingerprint density at radius 2 is 1.61 bits per heavy atom. The first-order valence-electron chi connectivity index (χ1n) is 6.11.